The molecule has 0 aliphatic heterocycles. The molecule has 2 aromatic heterocycles. The second-order valence-electron chi connectivity index (χ2n) is 4.23. The molecule has 0 spiro atoms. The summed E-state index contributed by atoms with van der Waals surface area (Å²) in [7, 11) is 0. The highest BCUT2D eigenvalue weighted by molar-refractivity contribution is 7.98. The molecular formula is C14H10Cl2N2S2. The average molecular weight is 341 g/mol. The highest BCUT2D eigenvalue weighted by atomic mass is 35.5. The monoisotopic (exact) mass is 340 g/mol. The molecule has 0 bridgehead atoms. The van der Waals surface area contributed by atoms with Crippen LogP contribution in [0.1, 0.15) is 10.7 Å². The van der Waals surface area contributed by atoms with E-state index in [1.54, 1.807) is 23.1 Å². The van der Waals surface area contributed by atoms with Gasteiger partial charge in [-0.25, -0.2) is 9.97 Å². The van der Waals surface area contributed by atoms with E-state index in [-0.39, 0.29) is 0 Å². The molecule has 3 aromatic rings. The molecule has 0 aliphatic rings. The summed E-state index contributed by atoms with van der Waals surface area (Å²) in [5.41, 5.74) is 0. The van der Waals surface area contributed by atoms with Crippen molar-refractivity contribution in [2.24, 2.45) is 0 Å². The number of aromatic nitrogens is 2. The summed E-state index contributed by atoms with van der Waals surface area (Å²) in [6.07, 6.45) is 0. The number of thiophene rings is 1. The summed E-state index contributed by atoms with van der Waals surface area (Å²) in [6, 6.07) is 9.77. The lowest BCUT2D eigenvalue weighted by atomic mass is 10.4. The molecule has 0 atom stereocenters. The summed E-state index contributed by atoms with van der Waals surface area (Å²) >= 11 is 15.6. The number of halogens is 2. The Morgan fingerprint density at radius 2 is 2.00 bits per heavy atom. The Kier molecular flexibility index (Phi) is 4.17. The van der Waals surface area contributed by atoms with Gasteiger partial charge in [0.25, 0.3) is 0 Å². The number of thioether (sulfide) groups is 1. The minimum atomic E-state index is 0.522. The van der Waals surface area contributed by atoms with Crippen molar-refractivity contribution in [3.8, 4) is 0 Å². The number of benzene rings is 1. The highest BCUT2D eigenvalue weighted by Crippen LogP contribution is 2.31. The predicted molar refractivity (Wildman–Crippen MR) is 88.2 cm³/mol. The maximum atomic E-state index is 6.21. The number of hydrogen-bond acceptors (Lipinski definition) is 4. The summed E-state index contributed by atoms with van der Waals surface area (Å²) in [5.74, 6) is 1.38. The van der Waals surface area contributed by atoms with E-state index in [2.05, 4.69) is 9.97 Å². The molecular weight excluding hydrogens is 331 g/mol. The van der Waals surface area contributed by atoms with Gasteiger partial charge in [-0.05, 0) is 25.1 Å². The van der Waals surface area contributed by atoms with Gasteiger partial charge in [-0.15, -0.1) is 23.1 Å². The molecule has 3 rings (SSSR count). The smallest absolute Gasteiger partial charge is 0.142 e. The molecule has 0 unspecified atom stereocenters. The molecule has 0 aliphatic carbocycles. The van der Waals surface area contributed by atoms with E-state index in [9.17, 15) is 0 Å². The van der Waals surface area contributed by atoms with Crippen LogP contribution in [0.15, 0.2) is 35.2 Å². The van der Waals surface area contributed by atoms with Gasteiger partial charge in [0.05, 0.1) is 10.8 Å². The standard InChI is InChI=1S/C14H10Cl2N2S2/c1-8-6-9-13(16)17-12(18-14(9)20-8)7-19-11-5-3-2-4-10(11)15/h2-6H,7H2,1H3. The molecule has 0 saturated carbocycles. The summed E-state index contributed by atoms with van der Waals surface area (Å²) < 4.78 is 0. The first-order valence-electron chi connectivity index (χ1n) is 5.93. The molecule has 2 nitrogen and oxygen atoms in total. The lowest BCUT2D eigenvalue weighted by Gasteiger charge is -2.03. The average Bonchev–Trinajstić information content (AvgIpc) is 2.79. The Labute approximate surface area is 135 Å². The minimum absolute atomic E-state index is 0.522. The Morgan fingerprint density at radius 3 is 2.80 bits per heavy atom. The largest absolute Gasteiger partial charge is 0.221 e. The number of nitrogens with zero attached hydrogens (tertiary/aromatic N) is 2. The summed E-state index contributed by atoms with van der Waals surface area (Å²) in [5, 5.41) is 2.20. The Bertz CT molecular complexity index is 771. The first-order chi connectivity index (χ1) is 9.63. The SMILES string of the molecule is Cc1cc2c(Cl)nc(CSc3ccccc3Cl)nc2s1. The first-order valence-corrected chi connectivity index (χ1v) is 8.49. The highest BCUT2D eigenvalue weighted by Gasteiger charge is 2.10. The van der Waals surface area contributed by atoms with Crippen molar-refractivity contribution in [1.29, 1.82) is 0 Å². The minimum Gasteiger partial charge on any atom is -0.221 e. The first kappa shape index (κ1) is 14.1. The van der Waals surface area contributed by atoms with Gasteiger partial charge < -0.3 is 0 Å². The molecule has 0 radical (unpaired) electrons. The van der Waals surface area contributed by atoms with Crippen molar-refractivity contribution < 1.29 is 0 Å². The van der Waals surface area contributed by atoms with E-state index < -0.39 is 0 Å². The third-order valence-electron chi connectivity index (χ3n) is 2.71. The van der Waals surface area contributed by atoms with Gasteiger partial charge in [0.1, 0.15) is 15.8 Å². The van der Waals surface area contributed by atoms with Crippen LogP contribution >= 0.6 is 46.3 Å². The van der Waals surface area contributed by atoms with Crippen LogP contribution in [0.5, 0.6) is 0 Å². The summed E-state index contributed by atoms with van der Waals surface area (Å²) in [4.78, 5) is 12.1. The molecule has 102 valence electrons. The van der Waals surface area contributed by atoms with Crippen LogP contribution in [0, 0.1) is 6.92 Å². The molecule has 20 heavy (non-hydrogen) atoms. The normalized spacial score (nSPS) is 11.2. The maximum Gasteiger partial charge on any atom is 0.142 e. The van der Waals surface area contributed by atoms with Crippen LogP contribution < -0.4 is 0 Å². The lowest BCUT2D eigenvalue weighted by molar-refractivity contribution is 1.08. The molecule has 6 heteroatoms. The second kappa shape index (κ2) is 5.90. The van der Waals surface area contributed by atoms with Crippen molar-refractivity contribution in [2.75, 3.05) is 0 Å². The van der Waals surface area contributed by atoms with Crippen LogP contribution in [0.4, 0.5) is 0 Å². The molecule has 0 saturated heterocycles. The Morgan fingerprint density at radius 1 is 1.20 bits per heavy atom. The van der Waals surface area contributed by atoms with Crippen molar-refractivity contribution in [2.45, 2.75) is 17.6 Å². The van der Waals surface area contributed by atoms with Gasteiger partial charge in [0.2, 0.25) is 0 Å². The fourth-order valence-corrected chi connectivity index (χ4v) is 4.11. The third-order valence-corrected chi connectivity index (χ3v) is 5.45. The van der Waals surface area contributed by atoms with Crippen molar-refractivity contribution in [1.82, 2.24) is 9.97 Å². The molecule has 2 heterocycles. The van der Waals surface area contributed by atoms with Gasteiger partial charge >= 0.3 is 0 Å². The lowest BCUT2D eigenvalue weighted by Crippen LogP contribution is -1.92. The van der Waals surface area contributed by atoms with E-state index in [0.717, 1.165) is 26.0 Å². The van der Waals surface area contributed by atoms with Crippen LogP contribution in [0.25, 0.3) is 10.2 Å². The maximum absolute atomic E-state index is 6.21. The number of hydrogen-bond donors (Lipinski definition) is 0. The van der Waals surface area contributed by atoms with Gasteiger partial charge in [0.15, 0.2) is 0 Å². The van der Waals surface area contributed by atoms with E-state index in [4.69, 9.17) is 23.2 Å². The van der Waals surface area contributed by atoms with E-state index in [1.165, 1.54) is 4.88 Å². The summed E-state index contributed by atoms with van der Waals surface area (Å²) in [6.45, 7) is 2.04. The van der Waals surface area contributed by atoms with Crippen molar-refractivity contribution in [3.63, 3.8) is 0 Å². The van der Waals surface area contributed by atoms with Crippen molar-refractivity contribution >= 4 is 56.5 Å². The van der Waals surface area contributed by atoms with Crippen LogP contribution in [-0.2, 0) is 5.75 Å². The molecule has 0 fully saturated rings. The van der Waals surface area contributed by atoms with E-state index in [1.807, 2.05) is 37.3 Å². The van der Waals surface area contributed by atoms with Gasteiger partial charge in [-0.1, -0.05) is 35.3 Å². The van der Waals surface area contributed by atoms with Crippen LogP contribution in [0.3, 0.4) is 0 Å². The van der Waals surface area contributed by atoms with E-state index in [0.29, 0.717) is 10.9 Å². The van der Waals surface area contributed by atoms with Gasteiger partial charge in [-0.3, -0.25) is 0 Å². The molecule has 1 aromatic carbocycles. The predicted octanol–water partition coefficient (Wildman–Crippen LogP) is 5.60. The second-order valence-corrected chi connectivity index (χ2v) is 7.24. The Hall–Kier alpha value is -0.810. The topological polar surface area (TPSA) is 25.8 Å². The fourth-order valence-electron chi connectivity index (χ4n) is 1.82. The van der Waals surface area contributed by atoms with Gasteiger partial charge in [0, 0.05) is 15.2 Å². The zero-order chi connectivity index (χ0) is 14.1. The zero-order valence-electron chi connectivity index (χ0n) is 10.6. The quantitative estimate of drug-likeness (QED) is 0.458. The van der Waals surface area contributed by atoms with E-state index >= 15 is 0 Å². The van der Waals surface area contributed by atoms with Gasteiger partial charge in [-0.2, -0.15) is 0 Å². The number of fused-ring (bicyclic) bond motifs is 1. The molecule has 0 amide bonds. The zero-order valence-corrected chi connectivity index (χ0v) is 13.7. The number of rotatable bonds is 3. The third kappa shape index (κ3) is 2.93. The van der Waals surface area contributed by atoms with Crippen molar-refractivity contribution in [3.05, 3.63) is 51.2 Å². The van der Waals surface area contributed by atoms with Crippen LogP contribution in [0.2, 0.25) is 10.2 Å². The number of aryl methyl sites for hydroxylation is 1. The molecule has 0 N–H and O–H groups in total. The fraction of sp³-hybridized carbons (Fsp3) is 0.143. The Balaban J connectivity index is 1.86. The van der Waals surface area contributed by atoms with Crippen LogP contribution in [-0.4, -0.2) is 9.97 Å².